The second-order valence-corrected chi connectivity index (χ2v) is 10.6. The van der Waals surface area contributed by atoms with Crippen molar-refractivity contribution in [3.05, 3.63) is 58.5 Å². The van der Waals surface area contributed by atoms with Crippen molar-refractivity contribution in [2.75, 3.05) is 24.6 Å². The molecule has 0 saturated carbocycles. The summed E-state index contributed by atoms with van der Waals surface area (Å²) in [4.78, 5) is 24.5. The van der Waals surface area contributed by atoms with Crippen LogP contribution >= 0.6 is 11.6 Å². The molecular weight excluding hydrogens is 450 g/mol. The van der Waals surface area contributed by atoms with Crippen molar-refractivity contribution in [2.45, 2.75) is 63.6 Å². The lowest BCUT2D eigenvalue weighted by Gasteiger charge is -2.39. The van der Waals surface area contributed by atoms with Crippen LogP contribution in [0.1, 0.15) is 62.9 Å². The maximum atomic E-state index is 13.4. The van der Waals surface area contributed by atoms with E-state index in [1.165, 1.54) is 0 Å². The first-order valence-corrected chi connectivity index (χ1v) is 12.3. The SMILES string of the molecule is CC(C)(C)OCCC(NC(=O)C1(N)CCN(c2ncnc3c2C=CC3)CC1)c1ccc(Cl)cc1. The minimum Gasteiger partial charge on any atom is -0.376 e. The van der Waals surface area contributed by atoms with Gasteiger partial charge in [-0.2, -0.15) is 0 Å². The highest BCUT2D eigenvalue weighted by atomic mass is 35.5. The molecule has 4 rings (SSSR count). The second kappa shape index (κ2) is 10.0. The minimum atomic E-state index is -0.932. The fourth-order valence-electron chi connectivity index (χ4n) is 4.44. The van der Waals surface area contributed by atoms with E-state index in [4.69, 9.17) is 22.1 Å². The Morgan fingerprint density at radius 2 is 1.94 bits per heavy atom. The first-order valence-electron chi connectivity index (χ1n) is 11.9. The summed E-state index contributed by atoms with van der Waals surface area (Å²) in [6, 6.07) is 7.36. The Morgan fingerprint density at radius 1 is 1.24 bits per heavy atom. The number of anilines is 1. The van der Waals surface area contributed by atoms with Crippen LogP contribution in [0.15, 0.2) is 36.7 Å². The highest BCUT2D eigenvalue weighted by Crippen LogP contribution is 2.31. The van der Waals surface area contributed by atoms with Gasteiger partial charge in [-0.05, 0) is 57.7 Å². The van der Waals surface area contributed by atoms with Crippen molar-refractivity contribution in [1.29, 1.82) is 0 Å². The van der Waals surface area contributed by atoms with Crippen LogP contribution in [0.4, 0.5) is 5.82 Å². The first kappa shape index (κ1) is 24.6. The van der Waals surface area contributed by atoms with Crippen molar-refractivity contribution < 1.29 is 9.53 Å². The number of amides is 1. The number of halogens is 1. The third-order valence-electron chi connectivity index (χ3n) is 6.47. The fraction of sp³-hybridized carbons (Fsp3) is 0.500. The van der Waals surface area contributed by atoms with Crippen LogP contribution < -0.4 is 16.0 Å². The first-order chi connectivity index (χ1) is 16.1. The molecule has 8 heteroatoms. The van der Waals surface area contributed by atoms with E-state index >= 15 is 0 Å². The number of aromatic nitrogens is 2. The highest BCUT2D eigenvalue weighted by Gasteiger charge is 2.39. The van der Waals surface area contributed by atoms with Crippen LogP contribution in [0, 0.1) is 0 Å². The van der Waals surface area contributed by atoms with Crippen LogP contribution in [0.5, 0.6) is 0 Å². The third kappa shape index (κ3) is 5.77. The molecule has 1 aromatic carbocycles. The normalized spacial score (nSPS) is 18.0. The fourth-order valence-corrected chi connectivity index (χ4v) is 4.57. The van der Waals surface area contributed by atoms with Crippen molar-refractivity contribution >= 4 is 29.4 Å². The molecule has 1 aliphatic heterocycles. The van der Waals surface area contributed by atoms with Gasteiger partial charge in [0.15, 0.2) is 0 Å². The van der Waals surface area contributed by atoms with Crippen LogP contribution in [-0.4, -0.2) is 46.7 Å². The molecule has 3 N–H and O–H groups in total. The zero-order chi connectivity index (χ0) is 24.3. The van der Waals surface area contributed by atoms with E-state index in [1.54, 1.807) is 6.33 Å². The largest absolute Gasteiger partial charge is 0.376 e. The van der Waals surface area contributed by atoms with Gasteiger partial charge in [-0.3, -0.25) is 4.79 Å². The van der Waals surface area contributed by atoms with Gasteiger partial charge in [-0.15, -0.1) is 0 Å². The molecule has 2 heterocycles. The summed E-state index contributed by atoms with van der Waals surface area (Å²) in [6.07, 6.45) is 8.39. The number of piperidine rings is 1. The van der Waals surface area contributed by atoms with Crippen LogP contribution in [0.3, 0.4) is 0 Å². The Morgan fingerprint density at radius 3 is 2.62 bits per heavy atom. The smallest absolute Gasteiger partial charge is 0.240 e. The van der Waals surface area contributed by atoms with E-state index in [0.717, 1.165) is 29.1 Å². The van der Waals surface area contributed by atoms with Crippen LogP contribution in [0.2, 0.25) is 5.02 Å². The van der Waals surface area contributed by atoms with Crippen LogP contribution in [0.25, 0.3) is 6.08 Å². The van der Waals surface area contributed by atoms with Gasteiger partial charge in [0.25, 0.3) is 0 Å². The van der Waals surface area contributed by atoms with E-state index in [-0.39, 0.29) is 17.6 Å². The number of hydrogen-bond donors (Lipinski definition) is 2. The molecule has 182 valence electrons. The average molecular weight is 484 g/mol. The highest BCUT2D eigenvalue weighted by molar-refractivity contribution is 6.30. The van der Waals surface area contributed by atoms with E-state index in [0.29, 0.717) is 44.0 Å². The maximum absolute atomic E-state index is 13.4. The minimum absolute atomic E-state index is 0.129. The van der Waals surface area contributed by atoms with Gasteiger partial charge in [-0.25, -0.2) is 9.97 Å². The quantitative estimate of drug-likeness (QED) is 0.616. The molecule has 34 heavy (non-hydrogen) atoms. The molecule has 1 unspecified atom stereocenters. The summed E-state index contributed by atoms with van der Waals surface area (Å²) < 4.78 is 5.92. The number of carbonyl (C=O) groups excluding carboxylic acids is 1. The zero-order valence-corrected chi connectivity index (χ0v) is 20.9. The molecule has 1 aliphatic carbocycles. The molecule has 1 fully saturated rings. The molecule has 1 aromatic heterocycles. The van der Waals surface area contributed by atoms with Crippen molar-refractivity contribution in [1.82, 2.24) is 15.3 Å². The molecular formula is C26H34ClN5O2. The Kier molecular flexibility index (Phi) is 7.26. The van der Waals surface area contributed by atoms with E-state index in [9.17, 15) is 4.79 Å². The van der Waals surface area contributed by atoms with Gasteiger partial charge >= 0.3 is 0 Å². The molecule has 7 nitrogen and oxygen atoms in total. The number of allylic oxidation sites excluding steroid dienone is 1. The van der Waals surface area contributed by atoms with E-state index < -0.39 is 5.54 Å². The van der Waals surface area contributed by atoms with Gasteiger partial charge in [0.1, 0.15) is 12.1 Å². The molecule has 1 atom stereocenters. The summed E-state index contributed by atoms with van der Waals surface area (Å²) in [5.74, 6) is 0.801. The predicted molar refractivity (Wildman–Crippen MR) is 136 cm³/mol. The maximum Gasteiger partial charge on any atom is 0.240 e. The number of ether oxygens (including phenoxy) is 1. The average Bonchev–Trinajstić information content (AvgIpc) is 3.28. The third-order valence-corrected chi connectivity index (χ3v) is 6.72. The van der Waals surface area contributed by atoms with Crippen molar-refractivity contribution in [3.63, 3.8) is 0 Å². The Bertz CT molecular complexity index is 1040. The molecule has 0 radical (unpaired) electrons. The predicted octanol–water partition coefficient (Wildman–Crippen LogP) is 4.06. The van der Waals surface area contributed by atoms with Gasteiger partial charge in [-0.1, -0.05) is 35.9 Å². The van der Waals surface area contributed by atoms with E-state index in [1.807, 2.05) is 45.0 Å². The van der Waals surface area contributed by atoms with Gasteiger partial charge in [0, 0.05) is 36.7 Å². The molecule has 1 amide bonds. The second-order valence-electron chi connectivity index (χ2n) is 10.1. The van der Waals surface area contributed by atoms with E-state index in [2.05, 4.69) is 32.3 Å². The summed E-state index contributed by atoms with van der Waals surface area (Å²) in [5, 5.41) is 3.86. The van der Waals surface area contributed by atoms with Crippen LogP contribution in [-0.2, 0) is 16.0 Å². The lowest BCUT2D eigenvalue weighted by atomic mass is 9.86. The molecule has 1 saturated heterocycles. The number of nitrogens with zero attached hydrogens (tertiary/aromatic N) is 3. The summed E-state index contributed by atoms with van der Waals surface area (Å²) in [6.45, 7) is 7.92. The Labute approximate surface area is 206 Å². The number of benzene rings is 1. The Hall–Kier alpha value is -2.48. The monoisotopic (exact) mass is 483 g/mol. The number of fused-ring (bicyclic) bond motifs is 1. The summed E-state index contributed by atoms with van der Waals surface area (Å²) in [5.41, 5.74) is 8.61. The van der Waals surface area contributed by atoms with Gasteiger partial charge in [0.2, 0.25) is 5.91 Å². The summed E-state index contributed by atoms with van der Waals surface area (Å²) in [7, 11) is 0. The Balaban J connectivity index is 1.42. The van der Waals surface area contributed by atoms with Crippen molar-refractivity contribution in [2.24, 2.45) is 5.73 Å². The number of hydrogen-bond acceptors (Lipinski definition) is 6. The zero-order valence-electron chi connectivity index (χ0n) is 20.2. The molecule has 2 aromatic rings. The van der Waals surface area contributed by atoms with Gasteiger partial charge in [0.05, 0.1) is 22.9 Å². The number of nitrogens with one attached hydrogen (secondary N) is 1. The standard InChI is InChI=1S/C26H34ClN5O2/c1-25(2,3)34-16-11-21(18-7-9-19(27)10-8-18)31-24(33)26(28)12-14-32(15-13-26)23-20-5-4-6-22(20)29-17-30-23/h4-5,7-10,17,21H,6,11-16,28H2,1-3H3,(H,31,33). The lowest BCUT2D eigenvalue weighted by molar-refractivity contribution is -0.128. The van der Waals surface area contributed by atoms with Crippen molar-refractivity contribution in [3.8, 4) is 0 Å². The topological polar surface area (TPSA) is 93.4 Å². The lowest BCUT2D eigenvalue weighted by Crippen LogP contribution is -2.60. The number of nitrogens with two attached hydrogens (primary N) is 1. The molecule has 2 aliphatic rings. The number of carbonyl (C=O) groups is 1. The number of rotatable bonds is 7. The molecule has 0 spiro atoms. The van der Waals surface area contributed by atoms with Gasteiger partial charge < -0.3 is 20.7 Å². The summed E-state index contributed by atoms with van der Waals surface area (Å²) >= 11 is 6.08. The molecule has 0 bridgehead atoms.